The van der Waals surface area contributed by atoms with Crippen LogP contribution in [0.2, 0.25) is 5.02 Å². The molecule has 0 N–H and O–H groups in total. The summed E-state index contributed by atoms with van der Waals surface area (Å²) < 4.78 is 12.5. The van der Waals surface area contributed by atoms with Gasteiger partial charge in [-0.15, -0.1) is 0 Å². The molecule has 1 rings (SSSR count). The maximum atomic E-state index is 12.5. The summed E-state index contributed by atoms with van der Waals surface area (Å²) in [6.07, 6.45) is 0. The van der Waals surface area contributed by atoms with E-state index < -0.39 is 5.95 Å². The monoisotopic (exact) mass is 223 g/mol. The summed E-state index contributed by atoms with van der Waals surface area (Å²) in [5.41, 5.74) is 0.641. The van der Waals surface area contributed by atoms with Crippen LogP contribution in [-0.2, 0) is 5.33 Å². The third-order valence-electron chi connectivity index (χ3n) is 0.998. The second-order valence-corrected chi connectivity index (χ2v) is 2.68. The average Bonchev–Trinajstić information content (AvgIpc) is 1.95. The second-order valence-electron chi connectivity index (χ2n) is 1.71. The van der Waals surface area contributed by atoms with E-state index in [-0.39, 0.29) is 5.02 Å². The minimum atomic E-state index is -0.612. The zero-order valence-electron chi connectivity index (χ0n) is 4.94. The van der Waals surface area contributed by atoms with Crippen LogP contribution in [0.5, 0.6) is 0 Å². The van der Waals surface area contributed by atoms with Crippen LogP contribution in [0.4, 0.5) is 4.39 Å². The van der Waals surface area contributed by atoms with E-state index >= 15 is 0 Å². The minimum Gasteiger partial charge on any atom is -0.223 e. The number of pyridine rings is 1. The average molecular weight is 224 g/mol. The van der Waals surface area contributed by atoms with Gasteiger partial charge in [0, 0.05) is 5.33 Å². The third-order valence-corrected chi connectivity index (χ3v) is 1.85. The lowest BCUT2D eigenvalue weighted by Gasteiger charge is -1.94. The Morgan fingerprint density at radius 3 is 2.80 bits per heavy atom. The fourth-order valence-electron chi connectivity index (χ4n) is 0.529. The fourth-order valence-corrected chi connectivity index (χ4v) is 0.947. The molecule has 0 amide bonds. The first-order valence-corrected chi connectivity index (χ1v) is 4.11. The van der Waals surface area contributed by atoms with E-state index in [0.717, 1.165) is 0 Å². The lowest BCUT2D eigenvalue weighted by Crippen LogP contribution is -1.88. The quantitative estimate of drug-likeness (QED) is 0.528. The van der Waals surface area contributed by atoms with Crippen molar-refractivity contribution >= 4 is 27.5 Å². The Morgan fingerprint density at radius 2 is 2.30 bits per heavy atom. The van der Waals surface area contributed by atoms with E-state index in [2.05, 4.69) is 20.9 Å². The van der Waals surface area contributed by atoms with Gasteiger partial charge in [-0.05, 0) is 12.1 Å². The highest BCUT2D eigenvalue weighted by atomic mass is 79.9. The zero-order chi connectivity index (χ0) is 7.56. The van der Waals surface area contributed by atoms with Gasteiger partial charge in [0.1, 0.15) is 0 Å². The molecule has 0 bridgehead atoms. The summed E-state index contributed by atoms with van der Waals surface area (Å²) in [5.74, 6) is -0.612. The normalized spacial score (nSPS) is 9.90. The molecule has 0 aromatic carbocycles. The molecule has 0 unspecified atom stereocenters. The lowest BCUT2D eigenvalue weighted by molar-refractivity contribution is 0.580. The number of hydrogen-bond donors (Lipinski definition) is 0. The van der Waals surface area contributed by atoms with Crippen molar-refractivity contribution < 1.29 is 4.39 Å². The standard InChI is InChI=1S/C6H4BrClFN/c7-3-4-1-2-5(8)6(9)10-4/h1-2H,3H2. The van der Waals surface area contributed by atoms with Crippen molar-refractivity contribution in [3.63, 3.8) is 0 Å². The number of nitrogens with zero attached hydrogens (tertiary/aromatic N) is 1. The molecular weight excluding hydrogens is 220 g/mol. The second kappa shape index (κ2) is 3.30. The lowest BCUT2D eigenvalue weighted by atomic mass is 10.4. The van der Waals surface area contributed by atoms with Gasteiger partial charge in [0.2, 0.25) is 5.95 Å². The predicted molar refractivity (Wildman–Crippen MR) is 41.8 cm³/mol. The van der Waals surface area contributed by atoms with Crippen LogP contribution in [0, 0.1) is 5.95 Å². The molecule has 1 aromatic heterocycles. The van der Waals surface area contributed by atoms with Gasteiger partial charge in [0.25, 0.3) is 0 Å². The van der Waals surface area contributed by atoms with Crippen LogP contribution in [0.25, 0.3) is 0 Å². The topological polar surface area (TPSA) is 12.9 Å². The molecule has 0 atom stereocenters. The first-order chi connectivity index (χ1) is 4.74. The Hall–Kier alpha value is -0.150. The summed E-state index contributed by atoms with van der Waals surface area (Å²) >= 11 is 8.53. The number of rotatable bonds is 1. The first-order valence-electron chi connectivity index (χ1n) is 2.61. The molecule has 0 saturated heterocycles. The smallest absolute Gasteiger partial charge is 0.223 e. The molecule has 1 heterocycles. The maximum Gasteiger partial charge on any atom is 0.231 e. The Balaban J connectivity index is 3.04. The molecule has 54 valence electrons. The summed E-state index contributed by atoms with van der Waals surface area (Å²) in [6, 6.07) is 3.15. The fraction of sp³-hybridized carbons (Fsp3) is 0.167. The zero-order valence-corrected chi connectivity index (χ0v) is 7.28. The molecule has 0 aliphatic carbocycles. The molecule has 0 radical (unpaired) electrons. The van der Waals surface area contributed by atoms with E-state index in [0.29, 0.717) is 11.0 Å². The number of aromatic nitrogens is 1. The molecule has 1 nitrogen and oxygen atoms in total. The van der Waals surface area contributed by atoms with E-state index in [1.54, 1.807) is 6.07 Å². The summed E-state index contributed by atoms with van der Waals surface area (Å²) in [4.78, 5) is 3.55. The van der Waals surface area contributed by atoms with Crippen molar-refractivity contribution in [1.29, 1.82) is 0 Å². The molecule has 4 heteroatoms. The molecule has 10 heavy (non-hydrogen) atoms. The van der Waals surface area contributed by atoms with Crippen LogP contribution in [0.15, 0.2) is 12.1 Å². The third kappa shape index (κ3) is 1.67. The van der Waals surface area contributed by atoms with E-state index in [1.165, 1.54) is 6.07 Å². The molecule has 0 aliphatic heterocycles. The first kappa shape index (κ1) is 7.95. The Morgan fingerprint density at radius 1 is 1.60 bits per heavy atom. The van der Waals surface area contributed by atoms with Crippen LogP contribution >= 0.6 is 27.5 Å². The van der Waals surface area contributed by atoms with Gasteiger partial charge in [-0.25, -0.2) is 4.98 Å². The van der Waals surface area contributed by atoms with Crippen LogP contribution in [0.3, 0.4) is 0 Å². The summed E-state index contributed by atoms with van der Waals surface area (Å²) in [6.45, 7) is 0. The van der Waals surface area contributed by atoms with Crippen molar-refractivity contribution in [2.24, 2.45) is 0 Å². The number of halogens is 3. The van der Waals surface area contributed by atoms with E-state index in [9.17, 15) is 4.39 Å². The van der Waals surface area contributed by atoms with Gasteiger partial charge in [-0.1, -0.05) is 27.5 Å². The largest absolute Gasteiger partial charge is 0.231 e. The van der Waals surface area contributed by atoms with Crippen molar-refractivity contribution in [3.8, 4) is 0 Å². The van der Waals surface area contributed by atoms with Gasteiger partial charge in [-0.3, -0.25) is 0 Å². The van der Waals surface area contributed by atoms with Crippen molar-refractivity contribution in [3.05, 3.63) is 28.8 Å². The number of hydrogen-bond acceptors (Lipinski definition) is 1. The Bertz CT molecular complexity index is 241. The molecule has 0 fully saturated rings. The highest BCUT2D eigenvalue weighted by molar-refractivity contribution is 9.08. The number of alkyl halides is 1. The Kier molecular flexibility index (Phi) is 2.63. The van der Waals surface area contributed by atoms with Gasteiger partial charge in [0.05, 0.1) is 10.7 Å². The molecule has 1 aromatic rings. The molecule has 0 aliphatic rings. The van der Waals surface area contributed by atoms with Crippen molar-refractivity contribution in [2.75, 3.05) is 0 Å². The van der Waals surface area contributed by atoms with E-state index in [4.69, 9.17) is 11.6 Å². The summed E-state index contributed by atoms with van der Waals surface area (Å²) in [7, 11) is 0. The van der Waals surface area contributed by atoms with Crippen molar-refractivity contribution in [1.82, 2.24) is 4.98 Å². The van der Waals surface area contributed by atoms with Gasteiger partial charge in [0.15, 0.2) is 0 Å². The van der Waals surface area contributed by atoms with E-state index in [1.807, 2.05) is 0 Å². The van der Waals surface area contributed by atoms with Crippen molar-refractivity contribution in [2.45, 2.75) is 5.33 Å². The highest BCUT2D eigenvalue weighted by Gasteiger charge is 2.00. The van der Waals surface area contributed by atoms with Crippen LogP contribution in [0.1, 0.15) is 5.69 Å². The van der Waals surface area contributed by atoms with Crippen LogP contribution < -0.4 is 0 Å². The summed E-state index contributed by atoms with van der Waals surface area (Å²) in [5, 5.41) is 0.603. The van der Waals surface area contributed by atoms with Gasteiger partial charge < -0.3 is 0 Å². The molecule has 0 saturated carbocycles. The molecular formula is C6H4BrClFN. The van der Waals surface area contributed by atoms with Gasteiger partial charge >= 0.3 is 0 Å². The SMILES string of the molecule is Fc1nc(CBr)ccc1Cl. The van der Waals surface area contributed by atoms with Crippen LogP contribution in [-0.4, -0.2) is 4.98 Å². The van der Waals surface area contributed by atoms with Gasteiger partial charge in [-0.2, -0.15) is 4.39 Å². The molecule has 0 spiro atoms. The Labute approximate surface area is 71.4 Å². The minimum absolute atomic E-state index is 0.0599. The predicted octanol–water partition coefficient (Wildman–Crippen LogP) is 2.77. The maximum absolute atomic E-state index is 12.5. The highest BCUT2D eigenvalue weighted by Crippen LogP contribution is 2.13.